The van der Waals surface area contributed by atoms with Crippen molar-refractivity contribution in [2.24, 2.45) is 7.05 Å². The number of aryl methyl sites for hydroxylation is 1. The van der Waals surface area contributed by atoms with Gasteiger partial charge in [-0.15, -0.1) is 0 Å². The lowest BCUT2D eigenvalue weighted by Gasteiger charge is -2.32. The second-order valence-electron chi connectivity index (χ2n) is 6.51. The van der Waals surface area contributed by atoms with Crippen molar-refractivity contribution < 1.29 is 22.7 Å². The number of hydrogen-bond acceptors (Lipinski definition) is 4. The summed E-state index contributed by atoms with van der Waals surface area (Å²) >= 11 is 0. The van der Waals surface area contributed by atoms with Gasteiger partial charge in [0.05, 0.1) is 0 Å². The number of carbonyl (C=O) groups excluding carboxylic acids is 1. The van der Waals surface area contributed by atoms with Crippen LogP contribution < -0.4 is 15.0 Å². The van der Waals surface area contributed by atoms with E-state index in [1.165, 1.54) is 6.07 Å². The van der Waals surface area contributed by atoms with Crippen LogP contribution >= 0.6 is 0 Å². The fourth-order valence-corrected chi connectivity index (χ4v) is 3.06. The molecule has 0 bridgehead atoms. The molecule has 0 radical (unpaired) electrons. The molecular formula is C18H21F3N4O2. The first-order valence-corrected chi connectivity index (χ1v) is 8.61. The van der Waals surface area contributed by atoms with Gasteiger partial charge in [-0.1, -0.05) is 6.07 Å². The molecule has 1 N–H and O–H groups in total. The van der Waals surface area contributed by atoms with Gasteiger partial charge in [0.1, 0.15) is 11.8 Å². The standard InChI is InChI=1S/C18H21F3N4O2/c1-12-13(5-3-7-15(12)27-11-18(19,20)21)22-14-6-4-9-25(17(14)26)16-8-10-24(2)23-16/h3,5,7-8,10,14,22H,4,6,9,11H2,1-2H3. The molecule has 1 amide bonds. The SMILES string of the molecule is Cc1c(NC2CCCN(c3ccn(C)n3)C2=O)cccc1OCC(F)(F)F. The minimum Gasteiger partial charge on any atom is -0.484 e. The number of benzene rings is 1. The molecule has 0 saturated carbocycles. The largest absolute Gasteiger partial charge is 0.484 e. The lowest BCUT2D eigenvalue weighted by Crippen LogP contribution is -2.48. The van der Waals surface area contributed by atoms with Gasteiger partial charge < -0.3 is 10.1 Å². The first kappa shape index (κ1) is 19.1. The molecule has 1 saturated heterocycles. The van der Waals surface area contributed by atoms with E-state index in [1.807, 2.05) is 0 Å². The molecule has 1 unspecified atom stereocenters. The molecule has 3 rings (SSSR count). The van der Waals surface area contributed by atoms with Gasteiger partial charge in [-0.25, -0.2) is 0 Å². The van der Waals surface area contributed by atoms with Crippen LogP contribution in [0.1, 0.15) is 18.4 Å². The van der Waals surface area contributed by atoms with E-state index in [2.05, 4.69) is 10.4 Å². The first-order valence-electron chi connectivity index (χ1n) is 8.61. The van der Waals surface area contributed by atoms with E-state index in [9.17, 15) is 18.0 Å². The zero-order valence-electron chi connectivity index (χ0n) is 15.1. The van der Waals surface area contributed by atoms with E-state index < -0.39 is 18.8 Å². The Bertz CT molecular complexity index is 819. The number of nitrogens with one attached hydrogen (secondary N) is 1. The highest BCUT2D eigenvalue weighted by Crippen LogP contribution is 2.29. The molecule has 9 heteroatoms. The maximum Gasteiger partial charge on any atom is 0.422 e. The zero-order valence-corrected chi connectivity index (χ0v) is 15.1. The summed E-state index contributed by atoms with van der Waals surface area (Å²) < 4.78 is 43.7. The number of anilines is 2. The number of amides is 1. The maximum absolute atomic E-state index is 12.8. The number of rotatable bonds is 5. The van der Waals surface area contributed by atoms with Crippen molar-refractivity contribution in [2.45, 2.75) is 32.0 Å². The molecule has 27 heavy (non-hydrogen) atoms. The molecule has 0 aliphatic carbocycles. The molecule has 0 spiro atoms. The van der Waals surface area contributed by atoms with Crippen molar-refractivity contribution in [3.05, 3.63) is 36.0 Å². The van der Waals surface area contributed by atoms with Gasteiger partial charge in [-0.3, -0.25) is 14.4 Å². The van der Waals surface area contributed by atoms with Crippen LogP contribution in [-0.2, 0) is 11.8 Å². The minimum atomic E-state index is -4.40. The van der Waals surface area contributed by atoms with Gasteiger partial charge in [0.25, 0.3) is 5.91 Å². The summed E-state index contributed by atoms with van der Waals surface area (Å²) in [5.41, 5.74) is 1.11. The van der Waals surface area contributed by atoms with E-state index in [4.69, 9.17) is 4.74 Å². The van der Waals surface area contributed by atoms with Gasteiger partial charge in [0.2, 0.25) is 0 Å². The van der Waals surface area contributed by atoms with E-state index in [0.717, 1.165) is 6.42 Å². The number of hydrogen-bond donors (Lipinski definition) is 1. The fraction of sp³-hybridized carbons (Fsp3) is 0.444. The number of halogens is 3. The van der Waals surface area contributed by atoms with E-state index in [0.29, 0.717) is 30.0 Å². The van der Waals surface area contributed by atoms with Gasteiger partial charge in [0, 0.05) is 37.1 Å². The lowest BCUT2D eigenvalue weighted by atomic mass is 10.0. The monoisotopic (exact) mass is 382 g/mol. The predicted molar refractivity (Wildman–Crippen MR) is 94.9 cm³/mol. The average molecular weight is 382 g/mol. The third-order valence-corrected chi connectivity index (χ3v) is 4.42. The van der Waals surface area contributed by atoms with Crippen molar-refractivity contribution in [1.29, 1.82) is 0 Å². The summed E-state index contributed by atoms with van der Waals surface area (Å²) in [5.74, 6) is 0.621. The Kier molecular flexibility index (Phi) is 5.29. The number of nitrogens with zero attached hydrogens (tertiary/aromatic N) is 3. The Morgan fingerprint density at radius 1 is 1.33 bits per heavy atom. The van der Waals surface area contributed by atoms with Crippen LogP contribution in [0.15, 0.2) is 30.5 Å². The molecule has 2 heterocycles. The van der Waals surface area contributed by atoms with Gasteiger partial charge in [-0.2, -0.15) is 18.3 Å². The fourth-order valence-electron chi connectivity index (χ4n) is 3.06. The summed E-state index contributed by atoms with van der Waals surface area (Å²) in [4.78, 5) is 14.5. The first-order chi connectivity index (χ1) is 12.7. The molecule has 1 aliphatic rings. The van der Waals surface area contributed by atoms with Crippen molar-refractivity contribution in [3.8, 4) is 5.75 Å². The second kappa shape index (κ2) is 7.50. The molecule has 1 fully saturated rings. The second-order valence-corrected chi connectivity index (χ2v) is 6.51. The zero-order chi connectivity index (χ0) is 19.6. The molecule has 1 aromatic carbocycles. The third kappa shape index (κ3) is 4.53. The Balaban J connectivity index is 1.73. The van der Waals surface area contributed by atoms with Gasteiger partial charge in [-0.05, 0) is 31.9 Å². The molecule has 1 aliphatic heterocycles. The van der Waals surface area contributed by atoms with Crippen molar-refractivity contribution in [2.75, 3.05) is 23.4 Å². The van der Waals surface area contributed by atoms with E-state index >= 15 is 0 Å². The highest BCUT2D eigenvalue weighted by atomic mass is 19.4. The molecular weight excluding hydrogens is 361 g/mol. The maximum atomic E-state index is 12.8. The number of carbonyl (C=O) groups is 1. The topological polar surface area (TPSA) is 59.4 Å². The number of piperidine rings is 1. The molecule has 6 nitrogen and oxygen atoms in total. The Hall–Kier alpha value is -2.71. The molecule has 146 valence electrons. The van der Waals surface area contributed by atoms with Crippen LogP contribution in [0.4, 0.5) is 24.7 Å². The van der Waals surface area contributed by atoms with Crippen LogP contribution in [-0.4, -0.2) is 41.1 Å². The molecule has 1 atom stereocenters. The van der Waals surface area contributed by atoms with Gasteiger partial charge >= 0.3 is 6.18 Å². The summed E-state index contributed by atoms with van der Waals surface area (Å²) in [7, 11) is 1.78. The Labute approximate surface area is 154 Å². The van der Waals surface area contributed by atoms with Crippen LogP contribution in [0.2, 0.25) is 0 Å². The van der Waals surface area contributed by atoms with Crippen LogP contribution in [0.5, 0.6) is 5.75 Å². The highest BCUT2D eigenvalue weighted by molar-refractivity contribution is 5.98. The van der Waals surface area contributed by atoms with Crippen LogP contribution in [0.3, 0.4) is 0 Å². The van der Waals surface area contributed by atoms with E-state index in [1.54, 1.807) is 47.9 Å². The summed E-state index contributed by atoms with van der Waals surface area (Å²) in [6.45, 7) is 0.896. The van der Waals surface area contributed by atoms with Crippen molar-refractivity contribution >= 4 is 17.4 Å². The third-order valence-electron chi connectivity index (χ3n) is 4.42. The normalized spacial score (nSPS) is 17.9. The van der Waals surface area contributed by atoms with Crippen LogP contribution in [0.25, 0.3) is 0 Å². The summed E-state index contributed by atoms with van der Waals surface area (Å²) in [6.07, 6.45) is -1.21. The van der Waals surface area contributed by atoms with E-state index in [-0.39, 0.29) is 11.7 Å². The average Bonchev–Trinajstić information content (AvgIpc) is 3.03. The molecule has 2 aromatic rings. The lowest BCUT2D eigenvalue weighted by molar-refractivity contribution is -0.153. The highest BCUT2D eigenvalue weighted by Gasteiger charge is 2.32. The Morgan fingerprint density at radius 3 is 2.78 bits per heavy atom. The number of aromatic nitrogens is 2. The minimum absolute atomic E-state index is 0.110. The predicted octanol–water partition coefficient (Wildman–Crippen LogP) is 3.28. The number of ether oxygens (including phenoxy) is 1. The number of alkyl halides is 3. The van der Waals surface area contributed by atoms with Crippen molar-refractivity contribution in [1.82, 2.24) is 9.78 Å². The Morgan fingerprint density at radius 2 is 2.11 bits per heavy atom. The van der Waals surface area contributed by atoms with Gasteiger partial charge in [0.15, 0.2) is 12.4 Å². The summed E-state index contributed by atoms with van der Waals surface area (Å²) in [6, 6.07) is 6.11. The molecule has 1 aromatic heterocycles. The van der Waals surface area contributed by atoms with Crippen molar-refractivity contribution in [3.63, 3.8) is 0 Å². The quantitative estimate of drug-likeness (QED) is 0.862. The summed E-state index contributed by atoms with van der Waals surface area (Å²) in [5, 5.41) is 7.43. The van der Waals surface area contributed by atoms with Crippen LogP contribution in [0, 0.1) is 6.92 Å². The smallest absolute Gasteiger partial charge is 0.422 e.